The Kier molecular flexibility index (Phi) is 5.14. The number of aromatic nitrogens is 2. The predicted molar refractivity (Wildman–Crippen MR) is 106 cm³/mol. The van der Waals surface area contributed by atoms with Crippen LogP contribution < -0.4 is 0 Å². The number of likely N-dealkylation sites (N-methyl/N-ethyl adjacent to an activating group) is 1. The molecule has 4 heteroatoms. The quantitative estimate of drug-likeness (QED) is 0.909. The van der Waals surface area contributed by atoms with E-state index in [1.54, 1.807) is 0 Å². The number of benzene rings is 1. The van der Waals surface area contributed by atoms with Gasteiger partial charge in [-0.2, -0.15) is 0 Å². The van der Waals surface area contributed by atoms with Gasteiger partial charge in [-0.05, 0) is 62.7 Å². The molecule has 0 radical (unpaired) electrons. The van der Waals surface area contributed by atoms with Crippen LogP contribution in [0.15, 0.2) is 36.7 Å². The second-order valence-electron chi connectivity index (χ2n) is 8.39. The molecule has 4 nitrogen and oxygen atoms in total. The smallest absolute Gasteiger partial charge is 0.0925 e. The molecule has 2 aliphatic heterocycles. The van der Waals surface area contributed by atoms with Crippen LogP contribution in [0.3, 0.4) is 0 Å². The van der Waals surface area contributed by atoms with Gasteiger partial charge in [-0.25, -0.2) is 4.98 Å². The van der Waals surface area contributed by atoms with Crippen molar-refractivity contribution in [3.8, 4) is 0 Å². The van der Waals surface area contributed by atoms with Crippen molar-refractivity contribution in [2.24, 2.45) is 5.41 Å². The zero-order chi connectivity index (χ0) is 18.0. The minimum Gasteiger partial charge on any atom is -0.348 e. The number of piperidine rings is 2. The highest BCUT2D eigenvalue weighted by atomic mass is 15.2. The van der Waals surface area contributed by atoms with Crippen molar-refractivity contribution >= 4 is 0 Å². The third-order valence-electron chi connectivity index (χ3n) is 6.66. The Labute approximate surface area is 157 Å². The molecule has 3 heterocycles. The van der Waals surface area contributed by atoms with E-state index < -0.39 is 0 Å². The topological polar surface area (TPSA) is 35.2 Å². The second-order valence-corrected chi connectivity index (χ2v) is 8.39. The lowest BCUT2D eigenvalue weighted by Gasteiger charge is -2.50. The Morgan fingerprint density at radius 1 is 1.15 bits per heavy atom. The molecule has 1 atom stereocenters. The number of aryl methyl sites for hydroxylation is 1. The zero-order valence-corrected chi connectivity index (χ0v) is 16.2. The van der Waals surface area contributed by atoms with Crippen LogP contribution in [-0.4, -0.2) is 52.5 Å². The van der Waals surface area contributed by atoms with Crippen LogP contribution in [-0.2, 0) is 6.54 Å². The fourth-order valence-corrected chi connectivity index (χ4v) is 5.00. The highest BCUT2D eigenvalue weighted by molar-refractivity contribution is 5.21. The van der Waals surface area contributed by atoms with E-state index in [2.05, 4.69) is 63.9 Å². The minimum absolute atomic E-state index is 0.492. The standard InChI is InChI=1S/C22H32N4/c1-3-25-14-20(19-7-5-4-6-8-19)13-22(16-25)9-11-26(12-10-22)15-21-18(2)23-17-24-21/h4-8,17,20H,3,9-16H2,1-2H3,(H,23,24). The normalized spacial score (nSPS) is 24.2. The Bertz CT molecular complexity index is 700. The Morgan fingerprint density at radius 3 is 2.58 bits per heavy atom. The lowest BCUT2D eigenvalue weighted by Crippen LogP contribution is -2.51. The first-order chi connectivity index (χ1) is 12.7. The van der Waals surface area contributed by atoms with Gasteiger partial charge in [-0.1, -0.05) is 37.3 Å². The first-order valence-corrected chi connectivity index (χ1v) is 10.2. The summed E-state index contributed by atoms with van der Waals surface area (Å²) in [5.74, 6) is 0.685. The summed E-state index contributed by atoms with van der Waals surface area (Å²) < 4.78 is 0. The van der Waals surface area contributed by atoms with Crippen LogP contribution in [0.5, 0.6) is 0 Å². The molecule has 1 N–H and O–H groups in total. The average Bonchev–Trinajstić information content (AvgIpc) is 3.09. The van der Waals surface area contributed by atoms with Crippen molar-refractivity contribution in [3.63, 3.8) is 0 Å². The molecule has 2 fully saturated rings. The molecule has 1 aromatic carbocycles. The second kappa shape index (κ2) is 7.53. The molecule has 0 amide bonds. The summed E-state index contributed by atoms with van der Waals surface area (Å²) in [5.41, 5.74) is 4.44. The van der Waals surface area contributed by atoms with Crippen molar-refractivity contribution in [1.82, 2.24) is 19.8 Å². The highest BCUT2D eigenvalue weighted by Gasteiger charge is 2.41. The number of nitrogens with one attached hydrogen (secondary N) is 1. The third kappa shape index (κ3) is 3.72. The van der Waals surface area contributed by atoms with Crippen molar-refractivity contribution in [2.75, 3.05) is 32.7 Å². The maximum Gasteiger partial charge on any atom is 0.0925 e. The Balaban J connectivity index is 1.43. The van der Waals surface area contributed by atoms with Crippen LogP contribution in [0.2, 0.25) is 0 Å². The van der Waals surface area contributed by atoms with E-state index in [9.17, 15) is 0 Å². The van der Waals surface area contributed by atoms with E-state index >= 15 is 0 Å². The summed E-state index contributed by atoms with van der Waals surface area (Å²) >= 11 is 0. The fourth-order valence-electron chi connectivity index (χ4n) is 5.00. The van der Waals surface area contributed by atoms with Gasteiger partial charge in [0, 0.05) is 25.3 Å². The first-order valence-electron chi connectivity index (χ1n) is 10.2. The van der Waals surface area contributed by atoms with Gasteiger partial charge in [0.15, 0.2) is 0 Å². The van der Waals surface area contributed by atoms with Crippen LogP contribution >= 0.6 is 0 Å². The maximum atomic E-state index is 4.49. The van der Waals surface area contributed by atoms with E-state index in [1.165, 1.54) is 68.9 Å². The Morgan fingerprint density at radius 2 is 1.92 bits per heavy atom. The minimum atomic E-state index is 0.492. The van der Waals surface area contributed by atoms with Gasteiger partial charge < -0.3 is 9.88 Å². The summed E-state index contributed by atoms with van der Waals surface area (Å²) in [6, 6.07) is 11.2. The lowest BCUT2D eigenvalue weighted by molar-refractivity contribution is 0.0134. The molecule has 140 valence electrons. The number of nitrogens with zero attached hydrogens (tertiary/aromatic N) is 3. The van der Waals surface area contributed by atoms with Gasteiger partial charge >= 0.3 is 0 Å². The number of hydrogen-bond acceptors (Lipinski definition) is 3. The van der Waals surface area contributed by atoms with Crippen LogP contribution in [0, 0.1) is 12.3 Å². The number of rotatable bonds is 4. The van der Waals surface area contributed by atoms with Gasteiger partial charge in [-0.15, -0.1) is 0 Å². The predicted octanol–water partition coefficient (Wildman–Crippen LogP) is 3.81. The van der Waals surface area contributed by atoms with Gasteiger partial charge in [0.05, 0.1) is 12.0 Å². The number of H-pyrrole nitrogens is 1. The van der Waals surface area contributed by atoms with Crippen molar-refractivity contribution < 1.29 is 0 Å². The lowest BCUT2D eigenvalue weighted by atomic mass is 9.68. The summed E-state index contributed by atoms with van der Waals surface area (Å²) in [7, 11) is 0. The molecule has 0 bridgehead atoms. The van der Waals surface area contributed by atoms with Gasteiger partial charge in [-0.3, -0.25) is 4.90 Å². The largest absolute Gasteiger partial charge is 0.348 e. The first kappa shape index (κ1) is 17.7. The number of hydrogen-bond donors (Lipinski definition) is 1. The van der Waals surface area contributed by atoms with Gasteiger partial charge in [0.25, 0.3) is 0 Å². The summed E-state index contributed by atoms with van der Waals surface area (Å²) in [6.07, 6.45) is 5.80. The summed E-state index contributed by atoms with van der Waals surface area (Å²) in [5, 5.41) is 0. The maximum absolute atomic E-state index is 4.49. The molecule has 0 aliphatic carbocycles. The Hall–Kier alpha value is -1.65. The van der Waals surface area contributed by atoms with E-state index in [-0.39, 0.29) is 0 Å². The van der Waals surface area contributed by atoms with Gasteiger partial charge in [0.2, 0.25) is 0 Å². The fraction of sp³-hybridized carbons (Fsp3) is 0.591. The molecule has 26 heavy (non-hydrogen) atoms. The molecule has 0 saturated carbocycles. The van der Waals surface area contributed by atoms with Crippen molar-refractivity contribution in [3.05, 3.63) is 53.6 Å². The monoisotopic (exact) mass is 352 g/mol. The molecular weight excluding hydrogens is 320 g/mol. The highest BCUT2D eigenvalue weighted by Crippen LogP contribution is 2.45. The molecule has 2 saturated heterocycles. The molecule has 1 spiro atoms. The molecule has 1 aromatic heterocycles. The molecule has 4 rings (SSSR count). The third-order valence-corrected chi connectivity index (χ3v) is 6.66. The molecular formula is C22H32N4. The van der Waals surface area contributed by atoms with Crippen molar-refractivity contribution in [2.45, 2.75) is 45.6 Å². The summed E-state index contributed by atoms with van der Waals surface area (Å²) in [6.45, 7) is 11.5. The molecule has 1 unspecified atom stereocenters. The van der Waals surface area contributed by atoms with E-state index in [0.717, 1.165) is 6.54 Å². The summed E-state index contributed by atoms with van der Waals surface area (Å²) in [4.78, 5) is 13.0. The van der Waals surface area contributed by atoms with Crippen molar-refractivity contribution in [1.29, 1.82) is 0 Å². The molecule has 2 aromatic rings. The SMILES string of the molecule is CCN1CC(c2ccccc2)CC2(CCN(Cc3nc[nH]c3C)CC2)C1. The van der Waals surface area contributed by atoms with Crippen LogP contribution in [0.1, 0.15) is 49.1 Å². The van der Waals surface area contributed by atoms with Gasteiger partial charge in [0.1, 0.15) is 0 Å². The number of aromatic amines is 1. The molecule has 2 aliphatic rings. The van der Waals surface area contributed by atoms with E-state index in [1.807, 2.05) is 6.33 Å². The van der Waals surface area contributed by atoms with Crippen LogP contribution in [0.4, 0.5) is 0 Å². The van der Waals surface area contributed by atoms with E-state index in [4.69, 9.17) is 0 Å². The number of likely N-dealkylation sites (tertiary alicyclic amines) is 2. The zero-order valence-electron chi connectivity index (χ0n) is 16.2. The van der Waals surface area contributed by atoms with Crippen LogP contribution in [0.25, 0.3) is 0 Å². The number of imidazole rings is 1. The average molecular weight is 353 g/mol. The van der Waals surface area contributed by atoms with E-state index in [0.29, 0.717) is 11.3 Å².